The molecule has 1 saturated heterocycles. The number of ether oxygens (including phenoxy) is 1. The summed E-state index contributed by atoms with van der Waals surface area (Å²) < 4.78 is 4.94. The summed E-state index contributed by atoms with van der Waals surface area (Å²) in [6, 6.07) is 0. The van der Waals surface area contributed by atoms with Crippen molar-refractivity contribution in [3.05, 3.63) is 6.61 Å². The maximum Gasteiger partial charge on any atom is 0.0111 e. The number of rotatable bonds is 0. The van der Waals surface area contributed by atoms with Crippen molar-refractivity contribution < 1.29 is 30.9 Å². The summed E-state index contributed by atoms with van der Waals surface area (Å²) in [5.74, 6) is 0. The maximum atomic E-state index is 4.94. The van der Waals surface area contributed by atoms with E-state index in [1.54, 1.807) is 0 Å². The van der Waals surface area contributed by atoms with Crippen LogP contribution in [0.15, 0.2) is 0 Å². The second-order valence-electron chi connectivity index (χ2n) is 1.53. The zero-order valence-corrected chi connectivity index (χ0v) is 6.77. The minimum Gasteiger partial charge on any atom is -0.552 e. The second kappa shape index (κ2) is 4.99. The van der Waals surface area contributed by atoms with Crippen molar-refractivity contribution in [1.82, 2.24) is 0 Å². The summed E-state index contributed by atoms with van der Waals surface area (Å²) in [7, 11) is 0. The molecule has 0 bridgehead atoms. The molecule has 1 heterocycles. The molecular formula is C5H9OZr-. The molecular weight excluding hydrogens is 167 g/mol. The molecule has 0 atom stereocenters. The Hall–Kier alpha value is 0.843. The van der Waals surface area contributed by atoms with Crippen molar-refractivity contribution in [2.45, 2.75) is 19.3 Å². The first-order chi connectivity index (χ1) is 3.00. The summed E-state index contributed by atoms with van der Waals surface area (Å²) in [6.45, 7) is 2.84. The van der Waals surface area contributed by atoms with Gasteiger partial charge in [-0.2, -0.15) is 6.42 Å². The predicted molar refractivity (Wildman–Crippen MR) is 24.1 cm³/mol. The number of hydrogen-bond donors (Lipinski definition) is 0. The van der Waals surface area contributed by atoms with Gasteiger partial charge in [0.05, 0.1) is 0 Å². The Morgan fingerprint density at radius 2 is 2.14 bits per heavy atom. The molecule has 40 valence electrons. The zero-order valence-electron chi connectivity index (χ0n) is 4.31. The van der Waals surface area contributed by atoms with Crippen LogP contribution in [0.25, 0.3) is 0 Å². The fourth-order valence-electron chi connectivity index (χ4n) is 0.580. The van der Waals surface area contributed by atoms with Crippen molar-refractivity contribution in [1.29, 1.82) is 0 Å². The van der Waals surface area contributed by atoms with Crippen molar-refractivity contribution in [3.8, 4) is 0 Å². The molecule has 0 spiro atoms. The molecule has 1 rings (SSSR count). The summed E-state index contributed by atoms with van der Waals surface area (Å²) in [5, 5.41) is 0. The van der Waals surface area contributed by atoms with Crippen LogP contribution in [0.1, 0.15) is 19.3 Å². The third-order valence-corrected chi connectivity index (χ3v) is 0.952. The molecule has 0 N–H and O–H groups in total. The predicted octanol–water partition coefficient (Wildman–Crippen LogP) is 1.35. The quantitative estimate of drug-likeness (QED) is 0.506. The Morgan fingerprint density at radius 1 is 1.29 bits per heavy atom. The largest absolute Gasteiger partial charge is 0.552 e. The molecule has 1 nitrogen and oxygen atoms in total. The summed E-state index contributed by atoms with van der Waals surface area (Å²) in [4.78, 5) is 0. The van der Waals surface area contributed by atoms with Crippen LogP contribution in [0.5, 0.6) is 0 Å². The first-order valence-electron chi connectivity index (χ1n) is 2.43. The second-order valence-corrected chi connectivity index (χ2v) is 1.53. The molecule has 1 aliphatic heterocycles. The van der Waals surface area contributed by atoms with Crippen molar-refractivity contribution in [2.75, 3.05) is 6.61 Å². The van der Waals surface area contributed by atoms with Crippen molar-refractivity contribution in [3.63, 3.8) is 0 Å². The molecule has 0 aromatic heterocycles. The fourth-order valence-corrected chi connectivity index (χ4v) is 0.580. The Morgan fingerprint density at radius 3 is 2.29 bits per heavy atom. The SMILES string of the molecule is [CH-]1CCCCO1.[Zr]. The van der Waals surface area contributed by atoms with Crippen LogP contribution in [0.4, 0.5) is 0 Å². The van der Waals surface area contributed by atoms with E-state index in [2.05, 4.69) is 0 Å². The summed E-state index contributed by atoms with van der Waals surface area (Å²) in [6.07, 6.45) is 3.72. The van der Waals surface area contributed by atoms with E-state index in [-0.39, 0.29) is 26.2 Å². The van der Waals surface area contributed by atoms with Crippen LogP contribution in [-0.4, -0.2) is 6.61 Å². The van der Waals surface area contributed by atoms with Gasteiger partial charge in [-0.1, -0.05) is 6.42 Å². The van der Waals surface area contributed by atoms with E-state index in [1.165, 1.54) is 12.8 Å². The molecule has 1 fully saturated rings. The normalized spacial score (nSPS) is 20.6. The van der Waals surface area contributed by atoms with E-state index in [1.807, 2.05) is 6.61 Å². The van der Waals surface area contributed by atoms with Gasteiger partial charge in [0.2, 0.25) is 0 Å². The van der Waals surface area contributed by atoms with Gasteiger partial charge in [0.1, 0.15) is 0 Å². The Kier molecular flexibility index (Phi) is 5.59. The van der Waals surface area contributed by atoms with E-state index in [4.69, 9.17) is 4.74 Å². The molecule has 7 heavy (non-hydrogen) atoms. The van der Waals surface area contributed by atoms with Crippen LogP contribution in [-0.2, 0) is 30.9 Å². The van der Waals surface area contributed by atoms with Gasteiger partial charge >= 0.3 is 0 Å². The average molecular weight is 176 g/mol. The van der Waals surface area contributed by atoms with Crippen molar-refractivity contribution >= 4 is 0 Å². The molecule has 0 unspecified atom stereocenters. The standard InChI is InChI=1S/C5H9O.Zr/c1-2-4-6-5-3-1;/h4H,1-3,5H2;/q-1;. The van der Waals surface area contributed by atoms with Gasteiger partial charge in [-0.3, -0.25) is 0 Å². The third kappa shape index (κ3) is 3.43. The Balaban J connectivity index is 0.000000360. The van der Waals surface area contributed by atoms with Gasteiger partial charge in [0.15, 0.2) is 0 Å². The van der Waals surface area contributed by atoms with E-state index >= 15 is 0 Å². The monoisotopic (exact) mass is 175 g/mol. The minimum atomic E-state index is 0. The van der Waals surface area contributed by atoms with Crippen LogP contribution in [0.3, 0.4) is 0 Å². The summed E-state index contributed by atoms with van der Waals surface area (Å²) in [5.41, 5.74) is 0. The zero-order chi connectivity index (χ0) is 4.24. The fraction of sp³-hybridized carbons (Fsp3) is 0.800. The van der Waals surface area contributed by atoms with Gasteiger partial charge in [0.25, 0.3) is 0 Å². The minimum absolute atomic E-state index is 0. The average Bonchev–Trinajstić information content (AvgIpc) is 1.72. The van der Waals surface area contributed by atoms with Gasteiger partial charge in [-0.15, -0.1) is 0 Å². The number of hydrogen-bond acceptors (Lipinski definition) is 1. The Labute approximate surface area is 63.6 Å². The van der Waals surface area contributed by atoms with Gasteiger partial charge < -0.3 is 4.74 Å². The van der Waals surface area contributed by atoms with Gasteiger partial charge in [-0.25, -0.2) is 6.61 Å². The molecule has 0 amide bonds. The van der Waals surface area contributed by atoms with Crippen molar-refractivity contribution in [2.24, 2.45) is 0 Å². The molecule has 2 heteroatoms. The molecule has 0 aromatic carbocycles. The van der Waals surface area contributed by atoms with Crippen LogP contribution < -0.4 is 0 Å². The molecule has 0 saturated carbocycles. The van der Waals surface area contributed by atoms with Crippen LogP contribution in [0.2, 0.25) is 0 Å². The van der Waals surface area contributed by atoms with Crippen LogP contribution in [0, 0.1) is 6.61 Å². The first-order valence-corrected chi connectivity index (χ1v) is 2.43. The van der Waals surface area contributed by atoms with Gasteiger partial charge in [0, 0.05) is 32.8 Å². The first kappa shape index (κ1) is 7.84. The molecule has 0 aliphatic carbocycles. The van der Waals surface area contributed by atoms with E-state index in [9.17, 15) is 0 Å². The Bertz CT molecular complexity index is 23.6. The molecule has 0 aromatic rings. The van der Waals surface area contributed by atoms with E-state index in [0.29, 0.717) is 0 Å². The van der Waals surface area contributed by atoms with Crippen LogP contribution >= 0.6 is 0 Å². The summed E-state index contributed by atoms with van der Waals surface area (Å²) >= 11 is 0. The maximum absolute atomic E-state index is 4.94. The smallest absolute Gasteiger partial charge is 0.0111 e. The van der Waals surface area contributed by atoms with E-state index < -0.39 is 0 Å². The van der Waals surface area contributed by atoms with E-state index in [0.717, 1.165) is 13.0 Å². The van der Waals surface area contributed by atoms with Gasteiger partial charge in [-0.05, 0) is 6.42 Å². The topological polar surface area (TPSA) is 9.23 Å². The molecule has 0 radical (unpaired) electrons. The third-order valence-electron chi connectivity index (χ3n) is 0.952. The molecule has 1 aliphatic rings.